The number of aromatic nitrogens is 2. The first-order valence-electron chi connectivity index (χ1n) is 9.52. The predicted octanol–water partition coefficient (Wildman–Crippen LogP) is 2.68. The highest BCUT2D eigenvalue weighted by Crippen LogP contribution is 2.13. The fraction of sp³-hybridized carbons (Fsp3) is 0.400. The van der Waals surface area contributed by atoms with Crippen molar-refractivity contribution in [3.8, 4) is 0 Å². The molecule has 0 saturated carbocycles. The number of fused-ring (bicyclic) bond motifs is 1. The van der Waals surface area contributed by atoms with Crippen LogP contribution in [0.25, 0.3) is 4.96 Å². The van der Waals surface area contributed by atoms with Crippen molar-refractivity contribution < 1.29 is 0 Å². The lowest BCUT2D eigenvalue weighted by Gasteiger charge is -2.36. The summed E-state index contributed by atoms with van der Waals surface area (Å²) in [5.41, 5.74) is 2.39. The van der Waals surface area contributed by atoms with Gasteiger partial charge in [0.15, 0.2) is 10.9 Å². The molecule has 27 heavy (non-hydrogen) atoms. The Labute approximate surface area is 164 Å². The van der Waals surface area contributed by atoms with E-state index in [1.165, 1.54) is 5.56 Å². The van der Waals surface area contributed by atoms with Gasteiger partial charge in [0.2, 0.25) is 0 Å². The minimum Gasteiger partial charge on any atom is -0.357 e. The largest absolute Gasteiger partial charge is 0.357 e. The summed E-state index contributed by atoms with van der Waals surface area (Å²) in [5.74, 6) is 0.994. The average Bonchev–Trinajstić information content (AvgIpc) is 3.28. The number of aliphatic imine (C=N–C) groups is 1. The monoisotopic (exact) mass is 382 g/mol. The molecule has 1 saturated heterocycles. The molecule has 0 bridgehead atoms. The van der Waals surface area contributed by atoms with E-state index in [1.807, 2.05) is 11.6 Å². The number of hydrogen-bond acceptors (Lipinski definition) is 4. The molecule has 142 valence electrons. The molecule has 0 aliphatic carbocycles. The lowest BCUT2D eigenvalue weighted by molar-refractivity contribution is 0.172. The Bertz CT molecular complexity index is 848. The SMILES string of the molecule is CCNC(=NCc1cn2ccsc2n1)N1CCN(Cc2ccccc2)CC1. The summed E-state index contributed by atoms with van der Waals surface area (Å²) in [7, 11) is 0. The highest BCUT2D eigenvalue weighted by Gasteiger charge is 2.19. The van der Waals surface area contributed by atoms with Crippen LogP contribution in [0.5, 0.6) is 0 Å². The van der Waals surface area contributed by atoms with Crippen molar-refractivity contribution in [2.75, 3.05) is 32.7 Å². The molecule has 1 aliphatic rings. The maximum Gasteiger partial charge on any atom is 0.194 e. The van der Waals surface area contributed by atoms with Crippen molar-refractivity contribution in [1.29, 1.82) is 0 Å². The molecule has 6 nitrogen and oxygen atoms in total. The number of guanidine groups is 1. The summed E-state index contributed by atoms with van der Waals surface area (Å²) in [6.07, 6.45) is 4.11. The van der Waals surface area contributed by atoms with Crippen molar-refractivity contribution in [2.45, 2.75) is 20.0 Å². The molecular formula is C20H26N6S. The topological polar surface area (TPSA) is 48.2 Å². The van der Waals surface area contributed by atoms with Crippen LogP contribution in [-0.2, 0) is 13.1 Å². The Hall–Kier alpha value is -2.38. The standard InChI is InChI=1S/C20H26N6S/c1-2-21-19(22-14-18-16-26-12-13-27-20(26)23-18)25-10-8-24(9-11-25)15-17-6-4-3-5-7-17/h3-7,12-13,16H,2,8-11,14-15H2,1H3,(H,21,22). The van der Waals surface area contributed by atoms with Crippen LogP contribution in [-0.4, -0.2) is 57.9 Å². The molecule has 0 amide bonds. The van der Waals surface area contributed by atoms with Gasteiger partial charge in [0.05, 0.1) is 12.2 Å². The first-order valence-corrected chi connectivity index (χ1v) is 10.4. The fourth-order valence-corrected chi connectivity index (χ4v) is 4.11. The number of benzene rings is 1. The van der Waals surface area contributed by atoms with E-state index in [4.69, 9.17) is 4.99 Å². The van der Waals surface area contributed by atoms with Crippen molar-refractivity contribution in [1.82, 2.24) is 24.5 Å². The first kappa shape index (κ1) is 18.0. The van der Waals surface area contributed by atoms with Crippen molar-refractivity contribution in [3.63, 3.8) is 0 Å². The van der Waals surface area contributed by atoms with Crippen LogP contribution in [0.1, 0.15) is 18.2 Å². The quantitative estimate of drug-likeness (QED) is 0.544. The Kier molecular flexibility index (Phi) is 5.69. The van der Waals surface area contributed by atoms with E-state index < -0.39 is 0 Å². The van der Waals surface area contributed by atoms with E-state index in [2.05, 4.69) is 68.0 Å². The zero-order valence-electron chi connectivity index (χ0n) is 15.7. The van der Waals surface area contributed by atoms with Crippen LogP contribution in [0.3, 0.4) is 0 Å². The molecule has 3 heterocycles. The molecule has 1 aromatic carbocycles. The third kappa shape index (κ3) is 4.48. The first-order chi connectivity index (χ1) is 13.3. The maximum absolute atomic E-state index is 4.83. The highest BCUT2D eigenvalue weighted by atomic mass is 32.1. The summed E-state index contributed by atoms with van der Waals surface area (Å²) < 4.78 is 2.06. The van der Waals surface area contributed by atoms with E-state index in [0.29, 0.717) is 6.54 Å². The molecule has 1 fully saturated rings. The molecule has 3 aromatic rings. The smallest absolute Gasteiger partial charge is 0.194 e. The molecule has 2 aromatic heterocycles. The molecular weight excluding hydrogens is 356 g/mol. The molecule has 1 N–H and O–H groups in total. The second-order valence-electron chi connectivity index (χ2n) is 6.74. The molecule has 1 aliphatic heterocycles. The summed E-state index contributed by atoms with van der Waals surface area (Å²) in [4.78, 5) is 15.4. The van der Waals surface area contributed by atoms with Gasteiger partial charge in [0.25, 0.3) is 0 Å². The van der Waals surface area contributed by atoms with E-state index in [9.17, 15) is 0 Å². The van der Waals surface area contributed by atoms with Gasteiger partial charge in [-0.2, -0.15) is 0 Å². The van der Waals surface area contributed by atoms with Gasteiger partial charge in [-0.3, -0.25) is 9.30 Å². The molecule has 0 radical (unpaired) electrons. The van der Waals surface area contributed by atoms with E-state index >= 15 is 0 Å². The second kappa shape index (κ2) is 8.54. The van der Waals surface area contributed by atoms with Gasteiger partial charge in [-0.15, -0.1) is 11.3 Å². The lowest BCUT2D eigenvalue weighted by atomic mass is 10.2. The van der Waals surface area contributed by atoms with Crippen LogP contribution in [0.2, 0.25) is 0 Å². The molecule has 0 atom stereocenters. The molecule has 0 unspecified atom stereocenters. The van der Waals surface area contributed by atoms with Crippen molar-refractivity contribution >= 4 is 22.3 Å². The number of imidazole rings is 1. The van der Waals surface area contributed by atoms with Gasteiger partial charge in [-0.25, -0.2) is 9.98 Å². The van der Waals surface area contributed by atoms with Gasteiger partial charge >= 0.3 is 0 Å². The van der Waals surface area contributed by atoms with Gasteiger partial charge in [-0.05, 0) is 12.5 Å². The van der Waals surface area contributed by atoms with E-state index in [1.54, 1.807) is 11.3 Å². The molecule has 0 spiro atoms. The third-order valence-electron chi connectivity index (χ3n) is 4.79. The molecule has 4 rings (SSSR count). The maximum atomic E-state index is 4.83. The normalized spacial score (nSPS) is 16.2. The van der Waals surface area contributed by atoms with Gasteiger partial charge in [-0.1, -0.05) is 30.3 Å². The van der Waals surface area contributed by atoms with E-state index in [-0.39, 0.29) is 0 Å². The Morgan fingerprint density at radius 2 is 2.00 bits per heavy atom. The Morgan fingerprint density at radius 1 is 1.19 bits per heavy atom. The van der Waals surface area contributed by atoms with Crippen LogP contribution in [0.15, 0.2) is 53.1 Å². The Morgan fingerprint density at radius 3 is 2.74 bits per heavy atom. The number of rotatable bonds is 5. The lowest BCUT2D eigenvalue weighted by Crippen LogP contribution is -2.52. The number of hydrogen-bond donors (Lipinski definition) is 1. The number of nitrogens with zero attached hydrogens (tertiary/aromatic N) is 5. The number of piperazine rings is 1. The van der Waals surface area contributed by atoms with Crippen LogP contribution in [0, 0.1) is 0 Å². The third-order valence-corrected chi connectivity index (χ3v) is 5.56. The second-order valence-corrected chi connectivity index (χ2v) is 7.62. The van der Waals surface area contributed by atoms with Crippen LogP contribution < -0.4 is 5.32 Å². The Balaban J connectivity index is 1.35. The van der Waals surface area contributed by atoms with Crippen LogP contribution in [0.4, 0.5) is 0 Å². The fourth-order valence-electron chi connectivity index (χ4n) is 3.39. The van der Waals surface area contributed by atoms with Crippen LogP contribution >= 0.6 is 11.3 Å². The molecule has 7 heteroatoms. The van der Waals surface area contributed by atoms with Crippen molar-refractivity contribution in [2.24, 2.45) is 4.99 Å². The summed E-state index contributed by atoms with van der Waals surface area (Å²) >= 11 is 1.65. The predicted molar refractivity (Wildman–Crippen MR) is 111 cm³/mol. The van der Waals surface area contributed by atoms with Gasteiger partial charge in [0.1, 0.15) is 0 Å². The van der Waals surface area contributed by atoms with Gasteiger partial charge < -0.3 is 10.2 Å². The number of thiazole rings is 1. The van der Waals surface area contributed by atoms with E-state index in [0.717, 1.165) is 55.9 Å². The summed E-state index contributed by atoms with van der Waals surface area (Å²) in [6.45, 7) is 8.73. The minimum absolute atomic E-state index is 0.612. The summed E-state index contributed by atoms with van der Waals surface area (Å²) in [5, 5.41) is 5.49. The van der Waals surface area contributed by atoms with Gasteiger partial charge in [0, 0.05) is 57.0 Å². The zero-order valence-corrected chi connectivity index (χ0v) is 16.5. The number of nitrogens with one attached hydrogen (secondary N) is 1. The zero-order chi connectivity index (χ0) is 18.5. The highest BCUT2D eigenvalue weighted by molar-refractivity contribution is 7.15. The average molecular weight is 383 g/mol. The van der Waals surface area contributed by atoms with Crippen molar-refractivity contribution in [3.05, 3.63) is 59.4 Å². The summed E-state index contributed by atoms with van der Waals surface area (Å²) in [6, 6.07) is 10.7. The minimum atomic E-state index is 0.612.